The van der Waals surface area contributed by atoms with Gasteiger partial charge in [-0.1, -0.05) is 37.6 Å². The number of phenols is 1. The molecule has 1 unspecified atom stereocenters. The van der Waals surface area contributed by atoms with Crippen molar-refractivity contribution in [3.8, 4) is 5.75 Å². The average Bonchev–Trinajstić information content (AvgIpc) is 2.68. The van der Waals surface area contributed by atoms with Crippen LogP contribution < -0.4 is 5.06 Å². The molecule has 0 aliphatic heterocycles. The summed E-state index contributed by atoms with van der Waals surface area (Å²) in [6, 6.07) is 8.46. The van der Waals surface area contributed by atoms with E-state index < -0.39 is 34.7 Å². The van der Waals surface area contributed by atoms with Crippen LogP contribution in [0.1, 0.15) is 43.1 Å². The number of alkyl halides is 3. The van der Waals surface area contributed by atoms with Crippen LogP contribution in [0, 0.1) is 12.1 Å². The number of phenolic OH excluding ortho intramolecular Hbond substituents is 1. The average molecular weight is 467 g/mol. The third-order valence-corrected chi connectivity index (χ3v) is 6.53. The zero-order valence-corrected chi connectivity index (χ0v) is 18.3. The number of aliphatic hydroxyl groups is 1. The summed E-state index contributed by atoms with van der Waals surface area (Å²) in [6.45, 7) is 4.72. The van der Waals surface area contributed by atoms with Gasteiger partial charge in [0, 0.05) is 29.3 Å². The van der Waals surface area contributed by atoms with E-state index in [1.54, 1.807) is 31.2 Å². The number of hydrogen-bond donors (Lipinski definition) is 3. The van der Waals surface area contributed by atoms with Gasteiger partial charge in [0.25, 0.3) is 0 Å². The molecule has 1 aliphatic rings. The van der Waals surface area contributed by atoms with Crippen LogP contribution in [0.15, 0.2) is 42.5 Å². The molecular formula is C23H22ClF3N2O3. The number of nitrogens with zero attached hydrogens (tertiary/aromatic N) is 1. The second-order valence-corrected chi connectivity index (χ2v) is 9.37. The van der Waals surface area contributed by atoms with Gasteiger partial charge in [-0.15, -0.1) is 0 Å². The van der Waals surface area contributed by atoms with Crippen LogP contribution in [0.25, 0.3) is 10.9 Å². The van der Waals surface area contributed by atoms with Gasteiger partial charge in [0.15, 0.2) is 6.04 Å². The monoisotopic (exact) mass is 466 g/mol. The van der Waals surface area contributed by atoms with Crippen molar-refractivity contribution < 1.29 is 28.4 Å². The molecule has 0 radical (unpaired) electrons. The number of pyridine rings is 1. The molecule has 3 N–H and O–H groups in total. The smallest absolute Gasteiger partial charge is 0.423 e. The Bertz CT molecular complexity index is 1220. The lowest BCUT2D eigenvalue weighted by molar-refractivity contribution is -0.828. The fourth-order valence-electron chi connectivity index (χ4n) is 4.90. The molecule has 4 rings (SSSR count). The summed E-state index contributed by atoms with van der Waals surface area (Å²) >= 11 is 6.04. The first kappa shape index (κ1) is 22.8. The summed E-state index contributed by atoms with van der Waals surface area (Å²) in [5, 5.41) is 34.9. The van der Waals surface area contributed by atoms with Gasteiger partial charge < -0.3 is 20.5 Å². The quantitative estimate of drug-likeness (QED) is 0.481. The molecule has 32 heavy (non-hydrogen) atoms. The van der Waals surface area contributed by atoms with E-state index in [4.69, 9.17) is 11.6 Å². The van der Waals surface area contributed by atoms with Crippen molar-refractivity contribution in [2.45, 2.75) is 50.4 Å². The molecule has 2 aromatic carbocycles. The van der Waals surface area contributed by atoms with E-state index in [2.05, 4.69) is 4.98 Å². The van der Waals surface area contributed by atoms with Crippen molar-refractivity contribution in [3.63, 3.8) is 0 Å². The van der Waals surface area contributed by atoms with Gasteiger partial charge in [0.2, 0.25) is 5.60 Å². The molecule has 5 nitrogen and oxygen atoms in total. The topological polar surface area (TPSA) is 80.9 Å². The number of aromatic hydroxyl groups is 1. The van der Waals surface area contributed by atoms with Gasteiger partial charge in [0.1, 0.15) is 11.4 Å². The zero-order chi connectivity index (χ0) is 23.6. The van der Waals surface area contributed by atoms with Gasteiger partial charge >= 0.3 is 6.18 Å². The van der Waals surface area contributed by atoms with Crippen LogP contribution in [0.4, 0.5) is 18.9 Å². The number of halogens is 4. The first-order valence-corrected chi connectivity index (χ1v) is 10.4. The molecule has 3 aromatic rings. The summed E-state index contributed by atoms with van der Waals surface area (Å²) in [5.74, 6) is -0.383. The molecule has 0 bridgehead atoms. The highest BCUT2D eigenvalue weighted by molar-refractivity contribution is 6.32. The minimum atomic E-state index is -5.10. The predicted molar refractivity (Wildman–Crippen MR) is 115 cm³/mol. The van der Waals surface area contributed by atoms with E-state index in [0.29, 0.717) is 16.6 Å². The maximum atomic E-state index is 14.3. The van der Waals surface area contributed by atoms with E-state index in [-0.39, 0.29) is 27.6 Å². The first-order valence-electron chi connectivity index (χ1n) is 9.99. The van der Waals surface area contributed by atoms with Crippen LogP contribution in [-0.2, 0) is 5.41 Å². The van der Waals surface area contributed by atoms with Crippen LogP contribution in [0.3, 0.4) is 0 Å². The third kappa shape index (κ3) is 3.33. The number of fused-ring (bicyclic) bond motifs is 2. The first-order chi connectivity index (χ1) is 14.8. The minimum Gasteiger partial charge on any atom is -0.628 e. The number of benzene rings is 2. The lowest BCUT2D eigenvalue weighted by Gasteiger charge is -2.50. The molecule has 9 heteroatoms. The Morgan fingerprint density at radius 3 is 2.50 bits per heavy atom. The standard InChI is InChI=1S/C23H22ClF3N2O3/c1-12-7-8-13-16(28-12)5-4-6-17(13)29(32)20-14-9-10-15(24)19(30)18(14)21(2,3)11-22(20,31)23(25,26)27/h4-10,20,29-31H,11H2,1-3H3/t20-,22-/m1/s1. The van der Waals surface area contributed by atoms with Crippen LogP contribution in [0.5, 0.6) is 5.75 Å². The highest BCUT2D eigenvalue weighted by Gasteiger charge is 2.67. The zero-order valence-electron chi connectivity index (χ0n) is 17.6. The van der Waals surface area contributed by atoms with E-state index in [9.17, 15) is 28.6 Å². The Labute approximate surface area is 187 Å². The lowest BCUT2D eigenvalue weighted by atomic mass is 9.63. The number of quaternary nitrogens is 1. The number of rotatable bonds is 2. The van der Waals surface area contributed by atoms with Crippen molar-refractivity contribution in [1.29, 1.82) is 0 Å². The number of aryl methyl sites for hydroxylation is 1. The van der Waals surface area contributed by atoms with Crippen molar-refractivity contribution in [3.05, 3.63) is 69.5 Å². The number of hydroxylamine groups is 1. The Hall–Kier alpha value is -2.39. The summed E-state index contributed by atoms with van der Waals surface area (Å²) in [7, 11) is 0. The molecular weight excluding hydrogens is 445 g/mol. The van der Waals surface area contributed by atoms with Crippen molar-refractivity contribution in [2.24, 2.45) is 0 Å². The van der Waals surface area contributed by atoms with Gasteiger partial charge in [-0.05, 0) is 36.6 Å². The fraction of sp³-hybridized carbons (Fsp3) is 0.348. The van der Waals surface area contributed by atoms with Crippen molar-refractivity contribution in [1.82, 2.24) is 4.98 Å². The van der Waals surface area contributed by atoms with Crippen molar-refractivity contribution >= 4 is 28.2 Å². The molecule has 170 valence electrons. The normalized spacial score (nSPS) is 23.7. The second kappa shape index (κ2) is 7.31. The summed E-state index contributed by atoms with van der Waals surface area (Å²) in [4.78, 5) is 4.35. The Kier molecular flexibility index (Phi) is 5.21. The van der Waals surface area contributed by atoms with Gasteiger partial charge in [0.05, 0.1) is 15.9 Å². The summed E-state index contributed by atoms with van der Waals surface area (Å²) in [5.41, 5.74) is -3.44. The van der Waals surface area contributed by atoms with Gasteiger partial charge in [-0.25, -0.2) is 0 Å². The predicted octanol–water partition coefficient (Wildman–Crippen LogP) is 4.63. The summed E-state index contributed by atoms with van der Waals surface area (Å²) < 4.78 is 43.0. The molecule has 0 fully saturated rings. The molecule has 1 aromatic heterocycles. The van der Waals surface area contributed by atoms with E-state index >= 15 is 0 Å². The van der Waals surface area contributed by atoms with Gasteiger partial charge in [-0.3, -0.25) is 4.98 Å². The highest BCUT2D eigenvalue weighted by atomic mass is 35.5. The Balaban J connectivity index is 2.02. The summed E-state index contributed by atoms with van der Waals surface area (Å²) in [6.07, 6.45) is -5.92. The van der Waals surface area contributed by atoms with Gasteiger partial charge in [-0.2, -0.15) is 13.2 Å². The Morgan fingerprint density at radius 2 is 1.84 bits per heavy atom. The lowest BCUT2D eigenvalue weighted by Crippen LogP contribution is -3.06. The maximum absolute atomic E-state index is 14.3. The molecule has 1 aliphatic carbocycles. The minimum absolute atomic E-state index is 0.0165. The fourth-order valence-corrected chi connectivity index (χ4v) is 5.06. The van der Waals surface area contributed by atoms with Crippen LogP contribution >= 0.6 is 11.6 Å². The number of aromatic nitrogens is 1. The van der Waals surface area contributed by atoms with Crippen molar-refractivity contribution in [2.75, 3.05) is 0 Å². The third-order valence-electron chi connectivity index (χ3n) is 6.23. The largest absolute Gasteiger partial charge is 0.628 e. The molecule has 0 spiro atoms. The second-order valence-electron chi connectivity index (χ2n) is 8.97. The van der Waals surface area contributed by atoms with E-state index in [0.717, 1.165) is 0 Å². The molecule has 0 amide bonds. The Morgan fingerprint density at radius 1 is 1.16 bits per heavy atom. The molecule has 3 atom stereocenters. The molecule has 0 saturated heterocycles. The maximum Gasteiger partial charge on any atom is 0.423 e. The number of hydrogen-bond acceptors (Lipinski definition) is 4. The number of nitrogens with one attached hydrogen (secondary N) is 1. The SMILES string of the molecule is Cc1ccc2c([NH+]([O-])[C@@H]3c4ccc(Cl)c(O)c4C(C)(C)C[C@]3(O)C(F)(F)F)cccc2n1. The highest BCUT2D eigenvalue weighted by Crippen LogP contribution is 2.55. The van der Waals surface area contributed by atoms with Crippen LogP contribution in [-0.4, -0.2) is 27.0 Å². The molecule has 1 heterocycles. The molecule has 0 saturated carbocycles. The van der Waals surface area contributed by atoms with Crippen LogP contribution in [0.2, 0.25) is 5.02 Å². The van der Waals surface area contributed by atoms with E-state index in [1.807, 2.05) is 0 Å². The van der Waals surface area contributed by atoms with E-state index in [1.165, 1.54) is 32.0 Å².